The molecule has 2 N–H and O–H groups in total. The Morgan fingerprint density at radius 3 is 2.42 bits per heavy atom. The first kappa shape index (κ1) is 19.2. The number of carbonyl (C=O) groups is 3. The monoisotopic (exact) mass is 357 g/mol. The Balaban J connectivity index is 2.00. The summed E-state index contributed by atoms with van der Waals surface area (Å²) >= 11 is 0. The van der Waals surface area contributed by atoms with Crippen molar-refractivity contribution >= 4 is 17.7 Å². The molecular formula is C19H23N3O4. The highest BCUT2D eigenvalue weighted by atomic mass is 16.3. The van der Waals surface area contributed by atoms with Crippen LogP contribution in [0, 0.1) is 0 Å². The van der Waals surface area contributed by atoms with Crippen LogP contribution in [0.1, 0.15) is 22.5 Å². The summed E-state index contributed by atoms with van der Waals surface area (Å²) in [6, 6.07) is 11.8. The summed E-state index contributed by atoms with van der Waals surface area (Å²) in [5, 5.41) is 5.40. The standard InChI is InChI=1S/C19H23N3O4/c1-22(2)17(23)10-11-20-18(24)15(13-14-7-4-3-5-8-14)21-19(25)16-9-6-12-26-16/h3-9,12,15H,10-11,13H2,1-2H3,(H,20,24)(H,21,25). The summed E-state index contributed by atoms with van der Waals surface area (Å²) in [4.78, 5) is 37.8. The van der Waals surface area contributed by atoms with Gasteiger partial charge in [0.2, 0.25) is 11.8 Å². The molecule has 0 saturated heterocycles. The fraction of sp³-hybridized carbons (Fsp3) is 0.316. The van der Waals surface area contributed by atoms with E-state index in [1.807, 2.05) is 30.3 Å². The van der Waals surface area contributed by atoms with E-state index in [4.69, 9.17) is 4.42 Å². The summed E-state index contributed by atoms with van der Waals surface area (Å²) in [6.07, 6.45) is 1.93. The van der Waals surface area contributed by atoms with Gasteiger partial charge in [0.25, 0.3) is 5.91 Å². The second-order valence-electron chi connectivity index (χ2n) is 6.02. The summed E-state index contributed by atoms with van der Waals surface area (Å²) in [5.74, 6) is -0.751. The highest BCUT2D eigenvalue weighted by Crippen LogP contribution is 2.06. The van der Waals surface area contributed by atoms with Crippen LogP contribution in [0.3, 0.4) is 0 Å². The molecule has 0 bridgehead atoms. The molecule has 0 saturated carbocycles. The maximum absolute atomic E-state index is 12.5. The first-order chi connectivity index (χ1) is 12.5. The third-order valence-electron chi connectivity index (χ3n) is 3.79. The number of amides is 3. The third-order valence-corrected chi connectivity index (χ3v) is 3.79. The molecule has 7 nitrogen and oxygen atoms in total. The fourth-order valence-corrected chi connectivity index (χ4v) is 2.34. The number of nitrogens with zero attached hydrogens (tertiary/aromatic N) is 1. The van der Waals surface area contributed by atoms with Crippen molar-refractivity contribution in [3.05, 3.63) is 60.1 Å². The van der Waals surface area contributed by atoms with Crippen molar-refractivity contribution in [3.63, 3.8) is 0 Å². The zero-order valence-corrected chi connectivity index (χ0v) is 14.9. The van der Waals surface area contributed by atoms with Gasteiger partial charge in [0.05, 0.1) is 6.26 Å². The molecule has 0 spiro atoms. The van der Waals surface area contributed by atoms with E-state index in [1.54, 1.807) is 20.2 Å². The van der Waals surface area contributed by atoms with Gasteiger partial charge in [-0.05, 0) is 17.7 Å². The van der Waals surface area contributed by atoms with Crippen LogP contribution in [0.25, 0.3) is 0 Å². The van der Waals surface area contributed by atoms with Crippen LogP contribution in [-0.2, 0) is 16.0 Å². The van der Waals surface area contributed by atoms with Crippen molar-refractivity contribution in [2.24, 2.45) is 0 Å². The molecule has 0 aliphatic heterocycles. The van der Waals surface area contributed by atoms with Gasteiger partial charge >= 0.3 is 0 Å². The number of furan rings is 1. The third kappa shape index (κ3) is 5.77. The SMILES string of the molecule is CN(C)C(=O)CCNC(=O)C(Cc1ccccc1)NC(=O)c1ccco1. The van der Waals surface area contributed by atoms with Crippen molar-refractivity contribution in [1.82, 2.24) is 15.5 Å². The lowest BCUT2D eigenvalue weighted by molar-refractivity contribution is -0.128. The predicted octanol–water partition coefficient (Wildman–Crippen LogP) is 1.22. The lowest BCUT2D eigenvalue weighted by Gasteiger charge is -2.18. The van der Waals surface area contributed by atoms with Gasteiger partial charge in [0, 0.05) is 33.5 Å². The molecule has 0 fully saturated rings. The lowest BCUT2D eigenvalue weighted by Crippen LogP contribution is -2.48. The van der Waals surface area contributed by atoms with Gasteiger partial charge in [-0.25, -0.2) is 0 Å². The van der Waals surface area contributed by atoms with E-state index in [1.165, 1.54) is 17.2 Å². The molecule has 0 aliphatic carbocycles. The number of benzene rings is 1. The Morgan fingerprint density at radius 1 is 1.08 bits per heavy atom. The summed E-state index contributed by atoms with van der Waals surface area (Å²) in [7, 11) is 3.32. The van der Waals surface area contributed by atoms with Gasteiger partial charge in [-0.1, -0.05) is 30.3 Å². The zero-order valence-electron chi connectivity index (χ0n) is 14.9. The molecule has 1 atom stereocenters. The summed E-state index contributed by atoms with van der Waals surface area (Å²) < 4.78 is 5.07. The molecule has 2 aromatic rings. The van der Waals surface area contributed by atoms with Crippen LogP contribution in [0.4, 0.5) is 0 Å². The number of rotatable bonds is 8. The maximum atomic E-state index is 12.5. The van der Waals surface area contributed by atoms with Crippen LogP contribution in [0.2, 0.25) is 0 Å². The normalized spacial score (nSPS) is 11.5. The average molecular weight is 357 g/mol. The van der Waals surface area contributed by atoms with Crippen molar-refractivity contribution in [1.29, 1.82) is 0 Å². The minimum absolute atomic E-state index is 0.0791. The molecule has 1 heterocycles. The van der Waals surface area contributed by atoms with Crippen LogP contribution in [0.15, 0.2) is 53.1 Å². The first-order valence-corrected chi connectivity index (χ1v) is 8.33. The number of hydrogen-bond acceptors (Lipinski definition) is 4. The highest BCUT2D eigenvalue weighted by Gasteiger charge is 2.23. The van der Waals surface area contributed by atoms with Gasteiger partial charge in [-0.2, -0.15) is 0 Å². The van der Waals surface area contributed by atoms with Crippen molar-refractivity contribution in [2.75, 3.05) is 20.6 Å². The Hall–Kier alpha value is -3.09. The van der Waals surface area contributed by atoms with Gasteiger partial charge < -0.3 is 20.0 Å². The minimum atomic E-state index is -0.774. The predicted molar refractivity (Wildman–Crippen MR) is 96.4 cm³/mol. The topological polar surface area (TPSA) is 91.7 Å². The largest absolute Gasteiger partial charge is 0.459 e. The van der Waals surface area contributed by atoms with Crippen LogP contribution in [0.5, 0.6) is 0 Å². The van der Waals surface area contributed by atoms with E-state index < -0.39 is 11.9 Å². The quantitative estimate of drug-likeness (QED) is 0.743. The van der Waals surface area contributed by atoms with Gasteiger partial charge in [-0.3, -0.25) is 14.4 Å². The number of hydrogen-bond donors (Lipinski definition) is 2. The molecule has 26 heavy (non-hydrogen) atoms. The molecule has 0 aliphatic rings. The second kappa shape index (κ2) is 9.41. The smallest absolute Gasteiger partial charge is 0.287 e. The summed E-state index contributed by atoms with van der Waals surface area (Å²) in [5.41, 5.74) is 0.914. The molecule has 3 amide bonds. The molecule has 2 rings (SSSR count). The van der Waals surface area contributed by atoms with Crippen LogP contribution < -0.4 is 10.6 Å². The Kier molecular flexibility index (Phi) is 6.96. The number of nitrogens with one attached hydrogen (secondary N) is 2. The highest BCUT2D eigenvalue weighted by molar-refractivity contribution is 5.95. The van der Waals surface area contributed by atoms with Gasteiger partial charge in [0.1, 0.15) is 6.04 Å². The lowest BCUT2D eigenvalue weighted by atomic mass is 10.0. The summed E-state index contributed by atoms with van der Waals surface area (Å²) in [6.45, 7) is 0.206. The van der Waals surface area contributed by atoms with E-state index in [0.29, 0.717) is 6.42 Å². The molecular weight excluding hydrogens is 334 g/mol. The molecule has 1 aromatic carbocycles. The van der Waals surface area contributed by atoms with Crippen molar-refractivity contribution < 1.29 is 18.8 Å². The first-order valence-electron chi connectivity index (χ1n) is 8.33. The van der Waals surface area contributed by atoms with Crippen LogP contribution in [-0.4, -0.2) is 49.3 Å². The second-order valence-corrected chi connectivity index (χ2v) is 6.02. The van der Waals surface area contributed by atoms with Crippen LogP contribution >= 0.6 is 0 Å². The van der Waals surface area contributed by atoms with Gasteiger partial charge in [0.15, 0.2) is 5.76 Å². The Morgan fingerprint density at radius 2 is 1.81 bits per heavy atom. The molecule has 0 radical (unpaired) electrons. The van der Waals surface area contributed by atoms with E-state index in [9.17, 15) is 14.4 Å². The molecule has 1 aromatic heterocycles. The van der Waals surface area contributed by atoms with Crippen molar-refractivity contribution in [2.45, 2.75) is 18.9 Å². The molecule has 138 valence electrons. The minimum Gasteiger partial charge on any atom is -0.459 e. The fourth-order valence-electron chi connectivity index (χ4n) is 2.34. The molecule has 1 unspecified atom stereocenters. The van der Waals surface area contributed by atoms with Crippen molar-refractivity contribution in [3.8, 4) is 0 Å². The molecule has 7 heteroatoms. The Bertz CT molecular complexity index is 727. The zero-order chi connectivity index (χ0) is 18.9. The van der Waals surface area contributed by atoms with E-state index >= 15 is 0 Å². The van der Waals surface area contributed by atoms with Gasteiger partial charge in [-0.15, -0.1) is 0 Å². The van der Waals surface area contributed by atoms with E-state index in [2.05, 4.69) is 10.6 Å². The maximum Gasteiger partial charge on any atom is 0.287 e. The van der Waals surface area contributed by atoms with E-state index in [0.717, 1.165) is 5.56 Å². The number of carbonyl (C=O) groups excluding carboxylic acids is 3. The van der Waals surface area contributed by atoms with E-state index in [-0.39, 0.29) is 30.5 Å². The Labute approximate surface area is 152 Å². The average Bonchev–Trinajstić information content (AvgIpc) is 3.16.